The normalized spacial score (nSPS) is 17.5. The highest BCUT2D eigenvalue weighted by Crippen LogP contribution is 2.32. The molecule has 2 saturated heterocycles. The molecule has 0 spiro atoms. The van der Waals surface area contributed by atoms with Crippen LogP contribution in [0.3, 0.4) is 0 Å². The molecule has 3 heterocycles. The summed E-state index contributed by atoms with van der Waals surface area (Å²) in [6.07, 6.45) is -0.926. The second-order valence-electron chi connectivity index (χ2n) is 11.3. The van der Waals surface area contributed by atoms with E-state index in [2.05, 4.69) is 44.4 Å². The molecule has 2 N–H and O–H groups in total. The van der Waals surface area contributed by atoms with E-state index in [9.17, 15) is 18.0 Å². The first kappa shape index (κ1) is 28.2. The Hall–Kier alpha value is -3.98. The maximum absolute atomic E-state index is 13.0. The number of piperidine rings is 2. The number of nitrogens with one attached hydrogen (secondary N) is 2. The molecule has 2 aliphatic heterocycles. The number of likely N-dealkylation sites (tertiary alicyclic amines) is 1. The topological polar surface area (TPSA) is 60.6 Å². The van der Waals surface area contributed by atoms with Gasteiger partial charge in [0.25, 0.3) is 5.91 Å². The van der Waals surface area contributed by atoms with Gasteiger partial charge in [0.05, 0.1) is 5.56 Å². The van der Waals surface area contributed by atoms with E-state index < -0.39 is 11.7 Å². The molecule has 0 saturated carbocycles. The van der Waals surface area contributed by atoms with Gasteiger partial charge in [-0.15, -0.1) is 0 Å². The molecule has 220 valence electrons. The zero-order valence-electron chi connectivity index (χ0n) is 23.4. The first-order chi connectivity index (χ1) is 20.3. The van der Waals surface area contributed by atoms with E-state index in [4.69, 9.17) is 4.74 Å². The van der Waals surface area contributed by atoms with Gasteiger partial charge in [0.2, 0.25) is 0 Å². The number of anilines is 1. The van der Waals surface area contributed by atoms with E-state index >= 15 is 0 Å². The summed E-state index contributed by atoms with van der Waals surface area (Å²) >= 11 is 0. The summed E-state index contributed by atoms with van der Waals surface area (Å²) in [6.45, 7) is 4.26. The summed E-state index contributed by atoms with van der Waals surface area (Å²) < 4.78 is 44.9. The maximum atomic E-state index is 13.0. The second kappa shape index (κ2) is 12.1. The molecular formula is C33H35F3N4O2. The fourth-order valence-corrected chi connectivity index (χ4v) is 5.93. The van der Waals surface area contributed by atoms with Crippen LogP contribution < -0.4 is 15.0 Å². The molecule has 2 aliphatic rings. The van der Waals surface area contributed by atoms with Crippen molar-refractivity contribution < 1.29 is 22.7 Å². The van der Waals surface area contributed by atoms with Crippen LogP contribution in [0.1, 0.15) is 47.3 Å². The fourth-order valence-electron chi connectivity index (χ4n) is 5.93. The monoisotopic (exact) mass is 576 g/mol. The number of H-pyrrole nitrogens is 1. The van der Waals surface area contributed by atoms with Crippen LogP contribution in [0.15, 0.2) is 78.9 Å². The Bertz CT molecular complexity index is 1490. The smallest absolute Gasteiger partial charge is 0.416 e. The molecule has 3 aromatic carbocycles. The summed E-state index contributed by atoms with van der Waals surface area (Å²) in [4.78, 5) is 20.8. The lowest BCUT2D eigenvalue weighted by Crippen LogP contribution is -2.44. The lowest BCUT2D eigenvalue weighted by molar-refractivity contribution is -0.137. The molecule has 0 atom stereocenters. The van der Waals surface area contributed by atoms with E-state index in [0.717, 1.165) is 79.8 Å². The van der Waals surface area contributed by atoms with Crippen LogP contribution in [0.4, 0.5) is 18.9 Å². The van der Waals surface area contributed by atoms with Crippen molar-refractivity contribution in [2.45, 2.75) is 50.6 Å². The van der Waals surface area contributed by atoms with Crippen LogP contribution in [0.2, 0.25) is 0 Å². The van der Waals surface area contributed by atoms with E-state index in [1.54, 1.807) is 0 Å². The molecular weight excluding hydrogens is 541 g/mol. The number of aromatic nitrogens is 1. The Morgan fingerprint density at radius 3 is 2.29 bits per heavy atom. The highest BCUT2D eigenvalue weighted by Gasteiger charge is 2.30. The van der Waals surface area contributed by atoms with Crippen LogP contribution in [-0.2, 0) is 12.7 Å². The van der Waals surface area contributed by atoms with Crippen molar-refractivity contribution in [1.82, 2.24) is 15.2 Å². The van der Waals surface area contributed by atoms with Crippen LogP contribution in [-0.4, -0.2) is 54.1 Å². The van der Waals surface area contributed by atoms with Gasteiger partial charge in [0.1, 0.15) is 17.5 Å². The number of halogens is 3. The third kappa shape index (κ3) is 6.73. The molecule has 0 radical (unpaired) electrons. The van der Waals surface area contributed by atoms with Gasteiger partial charge in [-0.3, -0.25) is 9.69 Å². The summed E-state index contributed by atoms with van der Waals surface area (Å²) in [7, 11) is 0. The SMILES string of the molecule is O=C(NC1CCN(Cc2ccccc2)CC1)c1cc2cc(OC3CCN(c4ccc(C(F)(F)F)cc4)CC3)ccc2[nH]1. The Morgan fingerprint density at radius 2 is 1.60 bits per heavy atom. The van der Waals surface area contributed by atoms with E-state index in [1.807, 2.05) is 30.3 Å². The standard InChI is InChI=1S/C33H35F3N4O2/c34-33(35,36)25-6-8-27(9-7-25)40-18-14-28(15-19-40)42-29-10-11-30-24(20-29)21-31(38-30)32(41)37-26-12-16-39(17-13-26)22-23-4-2-1-3-5-23/h1-11,20-21,26,28,38H,12-19,22H2,(H,37,41). The Kier molecular flexibility index (Phi) is 8.11. The van der Waals surface area contributed by atoms with Crippen molar-refractivity contribution in [1.29, 1.82) is 0 Å². The van der Waals surface area contributed by atoms with Crippen molar-refractivity contribution in [3.05, 3.63) is 95.7 Å². The molecule has 6 nitrogen and oxygen atoms in total. The average Bonchev–Trinajstić information content (AvgIpc) is 3.43. The molecule has 0 unspecified atom stereocenters. The summed E-state index contributed by atoms with van der Waals surface area (Å²) in [5.41, 5.74) is 2.88. The van der Waals surface area contributed by atoms with Gasteiger partial charge < -0.3 is 19.9 Å². The Balaban J connectivity index is 0.989. The lowest BCUT2D eigenvalue weighted by atomic mass is 10.0. The number of hydrogen-bond donors (Lipinski definition) is 2. The molecule has 1 aromatic heterocycles. The summed E-state index contributed by atoms with van der Waals surface area (Å²) in [5.74, 6) is 0.651. The number of alkyl halides is 3. The number of rotatable bonds is 7. The van der Waals surface area contributed by atoms with Gasteiger partial charge in [-0.1, -0.05) is 30.3 Å². The molecule has 0 bridgehead atoms. The fraction of sp³-hybridized carbons (Fsp3) is 0.364. The molecule has 42 heavy (non-hydrogen) atoms. The second-order valence-corrected chi connectivity index (χ2v) is 11.3. The number of aromatic amines is 1. The van der Waals surface area contributed by atoms with Gasteiger partial charge in [-0.25, -0.2) is 0 Å². The molecule has 2 fully saturated rings. The number of amides is 1. The number of ether oxygens (including phenoxy) is 1. The van der Waals surface area contributed by atoms with E-state index in [1.165, 1.54) is 17.7 Å². The minimum absolute atomic E-state index is 0.0163. The highest BCUT2D eigenvalue weighted by molar-refractivity contribution is 5.98. The predicted octanol–water partition coefficient (Wildman–Crippen LogP) is 6.63. The van der Waals surface area contributed by atoms with Crippen molar-refractivity contribution in [3.63, 3.8) is 0 Å². The Morgan fingerprint density at radius 1 is 0.881 bits per heavy atom. The van der Waals surface area contributed by atoms with E-state index in [-0.39, 0.29) is 18.1 Å². The van der Waals surface area contributed by atoms with Gasteiger partial charge in [-0.05, 0) is 66.9 Å². The zero-order chi connectivity index (χ0) is 29.1. The minimum Gasteiger partial charge on any atom is -0.490 e. The zero-order valence-corrected chi connectivity index (χ0v) is 23.4. The van der Waals surface area contributed by atoms with Crippen molar-refractivity contribution in [2.24, 2.45) is 0 Å². The number of carbonyl (C=O) groups is 1. The van der Waals surface area contributed by atoms with Gasteiger partial charge in [0.15, 0.2) is 0 Å². The highest BCUT2D eigenvalue weighted by atomic mass is 19.4. The summed E-state index contributed by atoms with van der Waals surface area (Å²) in [6, 6.07) is 23.6. The average molecular weight is 577 g/mol. The van der Waals surface area contributed by atoms with Gasteiger partial charge >= 0.3 is 6.18 Å². The molecule has 1 amide bonds. The quantitative estimate of drug-likeness (QED) is 0.259. The molecule has 6 rings (SSSR count). The number of fused-ring (bicyclic) bond motifs is 1. The molecule has 9 heteroatoms. The largest absolute Gasteiger partial charge is 0.490 e. The Labute approximate surface area is 243 Å². The molecule has 4 aromatic rings. The first-order valence-electron chi connectivity index (χ1n) is 14.6. The van der Waals surface area contributed by atoms with E-state index in [0.29, 0.717) is 18.8 Å². The van der Waals surface area contributed by atoms with Gasteiger partial charge in [-0.2, -0.15) is 13.2 Å². The van der Waals surface area contributed by atoms with Crippen molar-refractivity contribution in [3.8, 4) is 5.75 Å². The number of hydrogen-bond acceptors (Lipinski definition) is 4. The summed E-state index contributed by atoms with van der Waals surface area (Å²) in [5, 5.41) is 4.11. The third-order valence-corrected chi connectivity index (χ3v) is 8.31. The third-order valence-electron chi connectivity index (χ3n) is 8.31. The number of nitrogens with zero attached hydrogens (tertiary/aromatic N) is 2. The maximum Gasteiger partial charge on any atom is 0.416 e. The lowest BCUT2D eigenvalue weighted by Gasteiger charge is -2.33. The minimum atomic E-state index is -4.33. The first-order valence-corrected chi connectivity index (χ1v) is 14.6. The van der Waals surface area contributed by atoms with Crippen LogP contribution in [0.25, 0.3) is 10.9 Å². The predicted molar refractivity (Wildman–Crippen MR) is 158 cm³/mol. The number of carbonyl (C=O) groups excluding carboxylic acids is 1. The van der Waals surface area contributed by atoms with Crippen LogP contribution in [0.5, 0.6) is 5.75 Å². The van der Waals surface area contributed by atoms with Crippen molar-refractivity contribution >= 4 is 22.5 Å². The van der Waals surface area contributed by atoms with Crippen molar-refractivity contribution in [2.75, 3.05) is 31.1 Å². The number of benzene rings is 3. The van der Waals surface area contributed by atoms with Crippen LogP contribution >= 0.6 is 0 Å². The van der Waals surface area contributed by atoms with Crippen LogP contribution in [0, 0.1) is 0 Å². The van der Waals surface area contributed by atoms with Gasteiger partial charge in [0, 0.05) is 68.2 Å². The molecule has 0 aliphatic carbocycles.